The number of rotatable bonds is 3. The predicted molar refractivity (Wildman–Crippen MR) is 128 cm³/mol. The van der Waals surface area contributed by atoms with E-state index in [1.165, 1.54) is 0 Å². The number of aromatic nitrogens is 1. The topological polar surface area (TPSA) is 30.0 Å². The zero-order valence-electron chi connectivity index (χ0n) is 17.0. The lowest BCUT2D eigenvalue weighted by Gasteiger charge is -2.22. The van der Waals surface area contributed by atoms with Crippen molar-refractivity contribution in [3.63, 3.8) is 0 Å². The molecule has 0 unspecified atom stereocenters. The van der Waals surface area contributed by atoms with Crippen LogP contribution in [0.4, 0.5) is 0 Å². The number of fused-ring (bicyclic) bond motifs is 3. The Morgan fingerprint density at radius 3 is 1.73 bits per heavy atom. The Hall–Kier alpha value is -3.22. The van der Waals surface area contributed by atoms with Crippen LogP contribution in [0.15, 0.2) is 97.1 Å². The molecule has 0 amide bonds. The Bertz CT molecular complexity index is 1400. The molecule has 0 atom stereocenters. The van der Waals surface area contributed by atoms with Crippen molar-refractivity contribution in [1.29, 1.82) is 0 Å². The highest BCUT2D eigenvalue weighted by Gasteiger charge is 2.33. The summed E-state index contributed by atoms with van der Waals surface area (Å²) in [5.74, 6) is 0. The van der Waals surface area contributed by atoms with Crippen molar-refractivity contribution in [2.45, 2.75) is 13.8 Å². The summed E-state index contributed by atoms with van der Waals surface area (Å²) in [4.78, 5) is 5.02. The first-order valence-electron chi connectivity index (χ1n) is 10.1. The van der Waals surface area contributed by atoms with Crippen LogP contribution in [-0.4, -0.2) is 4.98 Å². The lowest BCUT2D eigenvalue weighted by molar-refractivity contribution is 0.592. The quantitative estimate of drug-likeness (QED) is 0.286. The van der Waals surface area contributed by atoms with Gasteiger partial charge in [0.05, 0.1) is 5.52 Å². The van der Waals surface area contributed by atoms with E-state index in [0.29, 0.717) is 5.44 Å². The molecule has 0 aliphatic carbocycles. The molecular formula is C27H22NOP. The summed E-state index contributed by atoms with van der Waals surface area (Å²) < 4.78 is 15.1. The van der Waals surface area contributed by atoms with Gasteiger partial charge in [-0.15, -0.1) is 0 Å². The second-order valence-electron chi connectivity index (χ2n) is 7.79. The molecule has 0 spiro atoms. The van der Waals surface area contributed by atoms with Gasteiger partial charge in [-0.25, -0.2) is 4.98 Å². The first kappa shape index (κ1) is 18.8. The van der Waals surface area contributed by atoms with E-state index in [4.69, 9.17) is 4.98 Å². The minimum absolute atomic E-state index is 0.660. The lowest BCUT2D eigenvalue weighted by atomic mass is 10.1. The highest BCUT2D eigenvalue weighted by atomic mass is 31.2. The third-order valence-corrected chi connectivity index (χ3v) is 8.57. The standard InChI is InChI=1S/C27H22NOP/c1-19-9-7-11-21(17-19)30(29,22-12-8-10-20(2)18-22)27-25-15-4-3-13-23(25)24-14-5-6-16-26(24)28-27/h3-18H,1-2H3. The molecule has 5 rings (SSSR count). The molecule has 30 heavy (non-hydrogen) atoms. The van der Waals surface area contributed by atoms with Crippen LogP contribution in [0.25, 0.3) is 21.7 Å². The maximum absolute atomic E-state index is 15.1. The van der Waals surface area contributed by atoms with Crippen LogP contribution in [0, 0.1) is 13.8 Å². The van der Waals surface area contributed by atoms with Crippen molar-refractivity contribution in [1.82, 2.24) is 4.98 Å². The van der Waals surface area contributed by atoms with E-state index in [0.717, 1.165) is 43.4 Å². The molecular weight excluding hydrogens is 385 g/mol. The molecule has 0 bridgehead atoms. The molecule has 1 heterocycles. The Kier molecular flexibility index (Phi) is 4.53. The van der Waals surface area contributed by atoms with Crippen molar-refractivity contribution in [3.05, 3.63) is 108 Å². The lowest BCUT2D eigenvalue weighted by Crippen LogP contribution is -2.28. The van der Waals surface area contributed by atoms with Crippen LogP contribution >= 0.6 is 7.14 Å². The van der Waals surface area contributed by atoms with Gasteiger partial charge in [0, 0.05) is 21.4 Å². The Morgan fingerprint density at radius 2 is 1.13 bits per heavy atom. The number of nitrogens with zero attached hydrogens (tertiary/aromatic N) is 1. The van der Waals surface area contributed by atoms with Gasteiger partial charge in [0.1, 0.15) is 5.44 Å². The second-order valence-corrected chi connectivity index (χ2v) is 10.5. The molecule has 5 aromatic rings. The fourth-order valence-electron chi connectivity index (χ4n) is 4.17. The third kappa shape index (κ3) is 2.96. The smallest absolute Gasteiger partial charge is 0.189 e. The molecule has 3 heteroatoms. The van der Waals surface area contributed by atoms with Gasteiger partial charge in [-0.1, -0.05) is 90.0 Å². The highest BCUT2D eigenvalue weighted by molar-refractivity contribution is 7.85. The normalized spacial score (nSPS) is 11.8. The zero-order valence-corrected chi connectivity index (χ0v) is 17.9. The third-order valence-electron chi connectivity index (χ3n) is 5.62. The summed E-state index contributed by atoms with van der Waals surface area (Å²) in [5, 5.41) is 4.75. The second kappa shape index (κ2) is 7.23. The van der Waals surface area contributed by atoms with Gasteiger partial charge in [0.2, 0.25) is 0 Å². The molecule has 1 aromatic heterocycles. The number of para-hydroxylation sites is 1. The van der Waals surface area contributed by atoms with Crippen LogP contribution in [0.3, 0.4) is 0 Å². The van der Waals surface area contributed by atoms with Crippen molar-refractivity contribution >= 4 is 44.9 Å². The van der Waals surface area contributed by atoms with Gasteiger partial charge in [0.15, 0.2) is 7.14 Å². The molecule has 0 saturated heterocycles. The number of hydrogen-bond acceptors (Lipinski definition) is 2. The molecule has 0 fully saturated rings. The molecule has 4 aromatic carbocycles. The monoisotopic (exact) mass is 407 g/mol. The SMILES string of the molecule is Cc1cccc(P(=O)(c2cccc(C)c2)c2nc3ccccc3c3ccccc23)c1. The molecule has 2 nitrogen and oxygen atoms in total. The summed E-state index contributed by atoms with van der Waals surface area (Å²) >= 11 is 0. The van der Waals surface area contributed by atoms with Gasteiger partial charge >= 0.3 is 0 Å². The van der Waals surface area contributed by atoms with E-state index in [1.54, 1.807) is 0 Å². The largest absolute Gasteiger partial charge is 0.307 e. The van der Waals surface area contributed by atoms with E-state index in [1.807, 2.05) is 98.8 Å². The van der Waals surface area contributed by atoms with Crippen LogP contribution in [-0.2, 0) is 4.57 Å². The predicted octanol–water partition coefficient (Wildman–Crippen LogP) is 5.64. The van der Waals surface area contributed by atoms with Crippen molar-refractivity contribution in [3.8, 4) is 0 Å². The van der Waals surface area contributed by atoms with E-state index in [-0.39, 0.29) is 0 Å². The Morgan fingerprint density at radius 1 is 0.600 bits per heavy atom. The van der Waals surface area contributed by atoms with Crippen LogP contribution < -0.4 is 16.0 Å². The van der Waals surface area contributed by atoms with Gasteiger partial charge in [0.25, 0.3) is 0 Å². The summed E-state index contributed by atoms with van der Waals surface area (Å²) in [7, 11) is -3.19. The summed E-state index contributed by atoms with van der Waals surface area (Å²) in [6, 6.07) is 32.3. The Labute approximate surface area is 176 Å². The van der Waals surface area contributed by atoms with E-state index < -0.39 is 7.14 Å². The van der Waals surface area contributed by atoms with E-state index in [2.05, 4.69) is 12.1 Å². The van der Waals surface area contributed by atoms with E-state index >= 15 is 4.57 Å². The first-order valence-corrected chi connectivity index (χ1v) is 11.8. The van der Waals surface area contributed by atoms with Crippen molar-refractivity contribution in [2.75, 3.05) is 0 Å². The van der Waals surface area contributed by atoms with Gasteiger partial charge < -0.3 is 4.57 Å². The number of benzene rings is 4. The Balaban J connectivity index is 1.96. The van der Waals surface area contributed by atoms with Crippen molar-refractivity contribution in [2.24, 2.45) is 0 Å². The van der Waals surface area contributed by atoms with Gasteiger partial charge in [-0.2, -0.15) is 0 Å². The van der Waals surface area contributed by atoms with Crippen molar-refractivity contribution < 1.29 is 4.57 Å². The minimum atomic E-state index is -3.19. The minimum Gasteiger partial charge on any atom is -0.307 e. The molecule has 146 valence electrons. The first-order chi connectivity index (χ1) is 14.6. The summed E-state index contributed by atoms with van der Waals surface area (Å²) in [6.45, 7) is 4.08. The maximum atomic E-state index is 15.1. The van der Waals surface area contributed by atoms with E-state index in [9.17, 15) is 0 Å². The van der Waals surface area contributed by atoms with Crippen LogP contribution in [0.1, 0.15) is 11.1 Å². The highest BCUT2D eigenvalue weighted by Crippen LogP contribution is 2.44. The molecule has 0 radical (unpaired) electrons. The molecule has 0 N–H and O–H groups in total. The number of pyridine rings is 1. The maximum Gasteiger partial charge on any atom is 0.189 e. The van der Waals surface area contributed by atoms with Crippen LogP contribution in [0.2, 0.25) is 0 Å². The number of aryl methyl sites for hydroxylation is 2. The number of hydrogen-bond donors (Lipinski definition) is 0. The molecule has 0 saturated carbocycles. The fraction of sp³-hybridized carbons (Fsp3) is 0.0741. The average Bonchev–Trinajstić information content (AvgIpc) is 2.78. The summed E-state index contributed by atoms with van der Waals surface area (Å²) in [6.07, 6.45) is 0. The molecule has 0 aliphatic heterocycles. The van der Waals surface area contributed by atoms with Gasteiger partial charge in [-0.05, 0) is 37.4 Å². The summed E-state index contributed by atoms with van der Waals surface area (Å²) in [5.41, 5.74) is 3.70. The fourth-order valence-corrected chi connectivity index (χ4v) is 7.10. The molecule has 0 aliphatic rings. The van der Waals surface area contributed by atoms with Gasteiger partial charge in [-0.3, -0.25) is 0 Å². The zero-order chi connectivity index (χ0) is 20.7. The van der Waals surface area contributed by atoms with Crippen LogP contribution in [0.5, 0.6) is 0 Å². The average molecular weight is 407 g/mol.